The lowest BCUT2D eigenvalue weighted by Crippen LogP contribution is -2.29. The highest BCUT2D eigenvalue weighted by Crippen LogP contribution is 2.35. The molecule has 1 fully saturated rings. The van der Waals surface area contributed by atoms with Crippen molar-refractivity contribution in [3.63, 3.8) is 0 Å². The van der Waals surface area contributed by atoms with E-state index in [2.05, 4.69) is 26.0 Å². The second-order valence-corrected chi connectivity index (χ2v) is 8.14. The van der Waals surface area contributed by atoms with Gasteiger partial charge in [0.2, 0.25) is 0 Å². The molecular formula is C22H38O5. The van der Waals surface area contributed by atoms with Crippen LogP contribution in [0.25, 0.3) is 0 Å². The summed E-state index contributed by atoms with van der Waals surface area (Å²) >= 11 is 0. The molecular weight excluding hydrogens is 344 g/mol. The summed E-state index contributed by atoms with van der Waals surface area (Å²) in [5.41, 5.74) is -0.173. The molecule has 1 rings (SSSR count). The monoisotopic (exact) mass is 382 g/mol. The summed E-state index contributed by atoms with van der Waals surface area (Å²) in [6.45, 7) is 4.29. The summed E-state index contributed by atoms with van der Waals surface area (Å²) in [4.78, 5) is 22.8. The third-order valence-electron chi connectivity index (χ3n) is 5.85. The quantitative estimate of drug-likeness (QED) is 0.341. The number of ketones is 1. The molecule has 0 heterocycles. The van der Waals surface area contributed by atoms with Gasteiger partial charge >= 0.3 is 5.97 Å². The molecule has 2 N–H and O–H groups in total. The Labute approximate surface area is 164 Å². The van der Waals surface area contributed by atoms with E-state index in [1.54, 1.807) is 7.11 Å². The maximum atomic E-state index is 12.3. The molecule has 5 nitrogen and oxygen atoms in total. The molecule has 156 valence electrons. The number of rotatable bonds is 14. The van der Waals surface area contributed by atoms with Gasteiger partial charge in [0.1, 0.15) is 5.78 Å². The topological polar surface area (TPSA) is 83.8 Å². The van der Waals surface area contributed by atoms with Crippen molar-refractivity contribution in [1.29, 1.82) is 0 Å². The van der Waals surface area contributed by atoms with Crippen molar-refractivity contribution in [2.24, 2.45) is 11.8 Å². The number of carboxylic acids is 1. The van der Waals surface area contributed by atoms with E-state index >= 15 is 0 Å². The van der Waals surface area contributed by atoms with Crippen LogP contribution in [0, 0.1) is 11.8 Å². The number of aliphatic hydroxyl groups excluding tert-OH is 1. The summed E-state index contributed by atoms with van der Waals surface area (Å²) in [6.07, 6.45) is 11.9. The fourth-order valence-electron chi connectivity index (χ4n) is 3.93. The van der Waals surface area contributed by atoms with Gasteiger partial charge in [-0.05, 0) is 44.9 Å². The Morgan fingerprint density at radius 3 is 2.70 bits per heavy atom. The molecule has 0 radical (unpaired) electrons. The van der Waals surface area contributed by atoms with Gasteiger partial charge in [0, 0.05) is 25.9 Å². The van der Waals surface area contributed by atoms with Crippen molar-refractivity contribution in [3.05, 3.63) is 12.2 Å². The summed E-state index contributed by atoms with van der Waals surface area (Å²) in [5.74, 6) is -0.846. The Kier molecular flexibility index (Phi) is 10.9. The number of Topliss-reactive ketones (excluding diaryl/α,β-unsaturated/α-hetero) is 1. The van der Waals surface area contributed by atoms with E-state index < -0.39 is 12.1 Å². The van der Waals surface area contributed by atoms with Crippen molar-refractivity contribution < 1.29 is 24.5 Å². The smallest absolute Gasteiger partial charge is 0.303 e. The third kappa shape index (κ3) is 8.56. The highest BCUT2D eigenvalue weighted by molar-refractivity contribution is 5.84. The zero-order chi connectivity index (χ0) is 20.3. The van der Waals surface area contributed by atoms with Gasteiger partial charge in [-0.15, -0.1) is 0 Å². The third-order valence-corrected chi connectivity index (χ3v) is 5.85. The Bertz CT molecular complexity index is 487. The molecule has 0 aromatic carbocycles. The van der Waals surface area contributed by atoms with Crippen molar-refractivity contribution in [1.82, 2.24) is 0 Å². The summed E-state index contributed by atoms with van der Waals surface area (Å²) in [7, 11) is 1.75. The first kappa shape index (κ1) is 23.8. The predicted octanol–water partition coefficient (Wildman–Crippen LogP) is 4.52. The van der Waals surface area contributed by atoms with E-state index in [4.69, 9.17) is 9.84 Å². The van der Waals surface area contributed by atoms with Gasteiger partial charge in [-0.1, -0.05) is 44.8 Å². The number of carboxylic acid groups (broad SMARTS) is 1. The van der Waals surface area contributed by atoms with Gasteiger partial charge in [-0.3, -0.25) is 9.59 Å². The Morgan fingerprint density at radius 1 is 1.33 bits per heavy atom. The van der Waals surface area contributed by atoms with Crippen LogP contribution in [0.2, 0.25) is 0 Å². The minimum atomic E-state index is -0.784. The second kappa shape index (κ2) is 12.3. The molecule has 0 aliphatic heterocycles. The standard InChI is InChI=1S/C22H38O5/c1-4-5-15-22(2,27-3)16-9-10-17-13-14-19(24)21(17)18(23)11-7-6-8-12-20(25)26/h9-10,17-18,21,23H,4-8,11-16H2,1-3H3,(H,25,26)/b10-9+/t17-,18?,21-,22?/m0/s1. The van der Waals surface area contributed by atoms with E-state index in [1.165, 1.54) is 0 Å². The van der Waals surface area contributed by atoms with Crippen LogP contribution in [0.1, 0.15) is 84.5 Å². The molecule has 0 bridgehead atoms. The normalized spacial score (nSPS) is 23.6. The lowest BCUT2D eigenvalue weighted by molar-refractivity contribution is -0.137. The van der Waals surface area contributed by atoms with Crippen LogP contribution in [0.3, 0.4) is 0 Å². The molecule has 1 aliphatic rings. The van der Waals surface area contributed by atoms with E-state index in [0.717, 1.165) is 44.9 Å². The summed E-state index contributed by atoms with van der Waals surface area (Å²) < 4.78 is 5.68. The number of unbranched alkanes of at least 4 members (excludes halogenated alkanes) is 3. The van der Waals surface area contributed by atoms with Crippen LogP contribution in [0.15, 0.2) is 12.2 Å². The lowest BCUT2D eigenvalue weighted by Gasteiger charge is -2.27. The van der Waals surface area contributed by atoms with Gasteiger partial charge < -0.3 is 14.9 Å². The number of carbonyl (C=O) groups is 2. The van der Waals surface area contributed by atoms with Crippen LogP contribution < -0.4 is 0 Å². The number of aliphatic carboxylic acids is 1. The number of ether oxygens (including phenoxy) is 1. The minimum absolute atomic E-state index is 0.0961. The highest BCUT2D eigenvalue weighted by atomic mass is 16.5. The van der Waals surface area contributed by atoms with Gasteiger partial charge in [-0.25, -0.2) is 0 Å². The van der Waals surface area contributed by atoms with Crippen molar-refractivity contribution >= 4 is 11.8 Å². The zero-order valence-electron chi connectivity index (χ0n) is 17.3. The molecule has 0 amide bonds. The predicted molar refractivity (Wildman–Crippen MR) is 107 cm³/mol. The number of hydrogen-bond donors (Lipinski definition) is 2. The molecule has 5 heteroatoms. The minimum Gasteiger partial charge on any atom is -0.481 e. The zero-order valence-corrected chi connectivity index (χ0v) is 17.3. The molecule has 27 heavy (non-hydrogen) atoms. The van der Waals surface area contributed by atoms with Gasteiger partial charge in [0.25, 0.3) is 0 Å². The van der Waals surface area contributed by atoms with Gasteiger partial charge in [0.05, 0.1) is 11.7 Å². The van der Waals surface area contributed by atoms with Crippen molar-refractivity contribution in [3.8, 4) is 0 Å². The highest BCUT2D eigenvalue weighted by Gasteiger charge is 2.37. The summed E-state index contributed by atoms with van der Waals surface area (Å²) in [5, 5.41) is 19.2. The second-order valence-electron chi connectivity index (χ2n) is 8.14. The number of allylic oxidation sites excluding steroid dienone is 1. The largest absolute Gasteiger partial charge is 0.481 e. The van der Waals surface area contributed by atoms with E-state index in [0.29, 0.717) is 19.3 Å². The van der Waals surface area contributed by atoms with E-state index in [-0.39, 0.29) is 29.6 Å². The Hall–Kier alpha value is -1.20. The first-order chi connectivity index (χ1) is 12.8. The number of hydrogen-bond acceptors (Lipinski definition) is 4. The summed E-state index contributed by atoms with van der Waals surface area (Å²) in [6, 6.07) is 0. The van der Waals surface area contributed by atoms with Crippen LogP contribution in [-0.2, 0) is 14.3 Å². The number of carbonyl (C=O) groups excluding carboxylic acids is 1. The maximum Gasteiger partial charge on any atom is 0.303 e. The first-order valence-electron chi connectivity index (χ1n) is 10.5. The molecule has 2 unspecified atom stereocenters. The number of methoxy groups -OCH3 is 1. The average Bonchev–Trinajstić information content (AvgIpc) is 3.00. The molecule has 1 saturated carbocycles. The van der Waals surface area contributed by atoms with Crippen LogP contribution >= 0.6 is 0 Å². The Morgan fingerprint density at radius 2 is 2.07 bits per heavy atom. The molecule has 0 aromatic heterocycles. The lowest BCUT2D eigenvalue weighted by atomic mass is 9.86. The first-order valence-corrected chi connectivity index (χ1v) is 10.5. The van der Waals surface area contributed by atoms with Crippen molar-refractivity contribution in [2.45, 2.75) is 96.2 Å². The Balaban J connectivity index is 2.51. The van der Waals surface area contributed by atoms with E-state index in [1.807, 2.05) is 0 Å². The molecule has 0 saturated heterocycles. The van der Waals surface area contributed by atoms with Crippen LogP contribution in [-0.4, -0.2) is 40.8 Å². The van der Waals surface area contributed by atoms with Gasteiger partial charge in [0.15, 0.2) is 0 Å². The van der Waals surface area contributed by atoms with Crippen molar-refractivity contribution in [2.75, 3.05) is 7.11 Å². The van der Waals surface area contributed by atoms with Crippen LogP contribution in [0.5, 0.6) is 0 Å². The number of aliphatic hydroxyl groups is 1. The van der Waals surface area contributed by atoms with Gasteiger partial charge in [-0.2, -0.15) is 0 Å². The fourth-order valence-corrected chi connectivity index (χ4v) is 3.93. The van der Waals surface area contributed by atoms with E-state index in [9.17, 15) is 14.7 Å². The average molecular weight is 383 g/mol. The fraction of sp³-hybridized carbons (Fsp3) is 0.818. The van der Waals surface area contributed by atoms with Crippen LogP contribution in [0.4, 0.5) is 0 Å². The molecule has 0 aromatic rings. The molecule has 0 spiro atoms. The maximum absolute atomic E-state index is 12.3. The molecule has 4 atom stereocenters. The SMILES string of the molecule is CCCCC(C)(C/C=C/[C@H]1CCC(=O)[C@@H]1C(O)CCCCCC(=O)O)OC. The molecule has 1 aliphatic carbocycles.